The highest BCUT2D eigenvalue weighted by molar-refractivity contribution is 6.31. The molecule has 0 amide bonds. The lowest BCUT2D eigenvalue weighted by atomic mass is 10.1. The van der Waals surface area contributed by atoms with Crippen molar-refractivity contribution in [3.8, 4) is 0 Å². The van der Waals surface area contributed by atoms with Gasteiger partial charge in [0.2, 0.25) is 0 Å². The van der Waals surface area contributed by atoms with Gasteiger partial charge in [-0.05, 0) is 35.2 Å². The largest absolute Gasteiger partial charge is 0.380 e. The number of rotatable bonds is 3. The molecule has 3 aromatic rings. The average Bonchev–Trinajstić information content (AvgIpc) is 2.48. The molecule has 0 aliphatic heterocycles. The lowest BCUT2D eigenvalue weighted by Crippen LogP contribution is -2.01. The van der Waals surface area contributed by atoms with Gasteiger partial charge in [-0.3, -0.25) is 0 Å². The van der Waals surface area contributed by atoms with Crippen LogP contribution in [-0.2, 0) is 6.54 Å². The van der Waals surface area contributed by atoms with E-state index in [2.05, 4.69) is 23.5 Å². The molecule has 0 aromatic heterocycles. The quantitative estimate of drug-likeness (QED) is 0.693. The molecule has 0 bridgehead atoms. The normalized spacial score (nSPS) is 10.7. The number of nitrogens with one attached hydrogen (secondary N) is 1. The second-order valence-corrected chi connectivity index (χ2v) is 5.02. The molecule has 0 atom stereocenters. The number of hydrogen-bond donors (Lipinski definition) is 1. The van der Waals surface area contributed by atoms with Crippen molar-refractivity contribution in [2.75, 3.05) is 5.32 Å². The van der Waals surface area contributed by atoms with Crippen LogP contribution in [0.4, 0.5) is 10.1 Å². The molecule has 0 aliphatic rings. The maximum atomic E-state index is 13.2. The fourth-order valence-corrected chi connectivity index (χ4v) is 2.43. The Morgan fingerprint density at radius 2 is 1.75 bits per heavy atom. The Kier molecular flexibility index (Phi) is 3.57. The summed E-state index contributed by atoms with van der Waals surface area (Å²) in [6, 6.07) is 18.6. The topological polar surface area (TPSA) is 12.0 Å². The van der Waals surface area contributed by atoms with Crippen molar-refractivity contribution < 1.29 is 4.39 Å². The van der Waals surface area contributed by atoms with Crippen molar-refractivity contribution in [1.82, 2.24) is 0 Å². The highest BCUT2D eigenvalue weighted by Gasteiger charge is 2.04. The molecule has 0 heterocycles. The fraction of sp³-hybridized carbons (Fsp3) is 0.0588. The van der Waals surface area contributed by atoms with Crippen molar-refractivity contribution in [3.05, 3.63) is 77.1 Å². The van der Waals surface area contributed by atoms with E-state index in [1.54, 1.807) is 6.07 Å². The number of hydrogen-bond acceptors (Lipinski definition) is 1. The highest BCUT2D eigenvalue weighted by Crippen LogP contribution is 2.24. The molecule has 0 unspecified atom stereocenters. The van der Waals surface area contributed by atoms with Crippen LogP contribution >= 0.6 is 11.6 Å². The van der Waals surface area contributed by atoms with Gasteiger partial charge in [-0.15, -0.1) is 0 Å². The highest BCUT2D eigenvalue weighted by atomic mass is 35.5. The van der Waals surface area contributed by atoms with Crippen LogP contribution in [0.1, 0.15) is 5.56 Å². The minimum atomic E-state index is -0.274. The Bertz CT molecular complexity index is 750. The molecule has 1 N–H and O–H groups in total. The first-order valence-electron chi connectivity index (χ1n) is 6.39. The molecular formula is C17H13ClFN. The maximum Gasteiger partial charge on any atom is 0.123 e. The second kappa shape index (κ2) is 5.51. The minimum Gasteiger partial charge on any atom is -0.380 e. The zero-order valence-corrected chi connectivity index (χ0v) is 11.5. The van der Waals surface area contributed by atoms with Gasteiger partial charge in [-0.25, -0.2) is 4.39 Å². The summed E-state index contributed by atoms with van der Waals surface area (Å²) >= 11 is 6.07. The van der Waals surface area contributed by atoms with Crippen LogP contribution in [0, 0.1) is 5.82 Å². The van der Waals surface area contributed by atoms with E-state index in [-0.39, 0.29) is 5.82 Å². The molecule has 0 radical (unpaired) electrons. The molecular weight excluding hydrogens is 273 g/mol. The van der Waals surface area contributed by atoms with E-state index < -0.39 is 0 Å². The summed E-state index contributed by atoms with van der Waals surface area (Å²) < 4.78 is 13.2. The molecule has 20 heavy (non-hydrogen) atoms. The van der Waals surface area contributed by atoms with Crippen LogP contribution in [0.25, 0.3) is 10.8 Å². The van der Waals surface area contributed by atoms with Gasteiger partial charge in [-0.1, -0.05) is 48.0 Å². The molecule has 0 spiro atoms. The van der Waals surface area contributed by atoms with Gasteiger partial charge in [0.1, 0.15) is 5.82 Å². The third-order valence-corrected chi connectivity index (χ3v) is 3.64. The Hall–Kier alpha value is -2.06. The van der Waals surface area contributed by atoms with Crippen LogP contribution in [0.15, 0.2) is 60.7 Å². The molecule has 0 aliphatic carbocycles. The van der Waals surface area contributed by atoms with E-state index in [1.165, 1.54) is 17.5 Å². The van der Waals surface area contributed by atoms with E-state index in [0.29, 0.717) is 11.6 Å². The Balaban J connectivity index is 1.89. The van der Waals surface area contributed by atoms with Crippen LogP contribution in [0.2, 0.25) is 5.02 Å². The van der Waals surface area contributed by atoms with Gasteiger partial charge in [0, 0.05) is 22.6 Å². The van der Waals surface area contributed by atoms with Crippen LogP contribution in [-0.4, -0.2) is 0 Å². The lowest BCUT2D eigenvalue weighted by Gasteiger charge is -2.11. The van der Waals surface area contributed by atoms with Gasteiger partial charge in [-0.2, -0.15) is 0 Å². The lowest BCUT2D eigenvalue weighted by molar-refractivity contribution is 0.626. The molecule has 0 saturated heterocycles. The molecule has 100 valence electrons. The van der Waals surface area contributed by atoms with Gasteiger partial charge in [0.15, 0.2) is 0 Å². The van der Waals surface area contributed by atoms with Gasteiger partial charge in [0.25, 0.3) is 0 Å². The van der Waals surface area contributed by atoms with Gasteiger partial charge in [0.05, 0.1) is 0 Å². The molecule has 3 heteroatoms. The summed E-state index contributed by atoms with van der Waals surface area (Å²) in [7, 11) is 0. The van der Waals surface area contributed by atoms with Gasteiger partial charge >= 0.3 is 0 Å². The zero-order valence-electron chi connectivity index (χ0n) is 10.7. The first-order chi connectivity index (χ1) is 9.74. The molecule has 3 rings (SSSR count). The summed E-state index contributed by atoms with van der Waals surface area (Å²) in [6.07, 6.45) is 0. The Morgan fingerprint density at radius 1 is 0.950 bits per heavy atom. The third kappa shape index (κ3) is 2.61. The summed E-state index contributed by atoms with van der Waals surface area (Å²) in [5.41, 5.74) is 1.77. The monoisotopic (exact) mass is 285 g/mol. The van der Waals surface area contributed by atoms with Crippen molar-refractivity contribution >= 4 is 28.1 Å². The summed E-state index contributed by atoms with van der Waals surface area (Å²) in [5, 5.41) is 6.20. The van der Waals surface area contributed by atoms with E-state index in [9.17, 15) is 4.39 Å². The summed E-state index contributed by atoms with van der Waals surface area (Å²) in [6.45, 7) is 0.491. The zero-order chi connectivity index (χ0) is 13.9. The van der Waals surface area contributed by atoms with E-state index in [0.717, 1.165) is 16.6 Å². The van der Waals surface area contributed by atoms with Crippen molar-refractivity contribution in [2.45, 2.75) is 6.54 Å². The predicted molar refractivity (Wildman–Crippen MR) is 82.7 cm³/mol. The fourth-order valence-electron chi connectivity index (χ4n) is 2.25. The smallest absolute Gasteiger partial charge is 0.123 e. The minimum absolute atomic E-state index is 0.274. The Labute approximate surface area is 122 Å². The Morgan fingerprint density at radius 3 is 2.65 bits per heavy atom. The summed E-state index contributed by atoms with van der Waals surface area (Å²) in [4.78, 5) is 0. The van der Waals surface area contributed by atoms with E-state index in [1.807, 2.05) is 24.3 Å². The van der Waals surface area contributed by atoms with Crippen LogP contribution in [0.5, 0.6) is 0 Å². The number of benzene rings is 3. The average molecular weight is 286 g/mol. The number of halogens is 2. The number of anilines is 1. The predicted octanol–water partition coefficient (Wildman–Crippen LogP) is 5.24. The third-order valence-electron chi connectivity index (χ3n) is 3.27. The van der Waals surface area contributed by atoms with Crippen molar-refractivity contribution in [3.63, 3.8) is 0 Å². The molecule has 0 fully saturated rings. The molecule has 1 nitrogen and oxygen atoms in total. The molecule has 3 aromatic carbocycles. The number of fused-ring (bicyclic) bond motifs is 1. The molecule has 0 saturated carbocycles. The van der Waals surface area contributed by atoms with E-state index in [4.69, 9.17) is 11.6 Å². The SMILES string of the molecule is Fc1ccc(Cl)c(CNc2cccc3ccccc23)c1. The van der Waals surface area contributed by atoms with Crippen molar-refractivity contribution in [1.29, 1.82) is 0 Å². The van der Waals surface area contributed by atoms with Crippen molar-refractivity contribution in [2.24, 2.45) is 0 Å². The van der Waals surface area contributed by atoms with Crippen LogP contribution in [0.3, 0.4) is 0 Å². The maximum absolute atomic E-state index is 13.2. The first kappa shape index (κ1) is 12.9. The summed E-state index contributed by atoms with van der Waals surface area (Å²) in [5.74, 6) is -0.274. The van der Waals surface area contributed by atoms with Crippen LogP contribution < -0.4 is 5.32 Å². The standard InChI is InChI=1S/C17H13ClFN/c18-16-9-8-14(19)10-13(16)11-20-17-7-3-5-12-4-1-2-6-15(12)17/h1-10,20H,11H2. The first-order valence-corrected chi connectivity index (χ1v) is 6.77. The van der Waals surface area contributed by atoms with Gasteiger partial charge < -0.3 is 5.32 Å². The van der Waals surface area contributed by atoms with E-state index >= 15 is 0 Å². The second-order valence-electron chi connectivity index (χ2n) is 4.62.